The summed E-state index contributed by atoms with van der Waals surface area (Å²) >= 11 is 6.18. The van der Waals surface area contributed by atoms with E-state index in [4.69, 9.17) is 16.3 Å². The second kappa shape index (κ2) is 8.95. The van der Waals surface area contributed by atoms with Crippen molar-refractivity contribution in [2.24, 2.45) is 5.92 Å². The summed E-state index contributed by atoms with van der Waals surface area (Å²) in [5.41, 5.74) is 0.202. The Labute approximate surface area is 179 Å². The molecule has 30 heavy (non-hydrogen) atoms. The van der Waals surface area contributed by atoms with Gasteiger partial charge < -0.3 is 15.0 Å². The SMILES string of the molecule is CC(C)(C)OC(=O)N1CCCC(C(=O)Nc2cc(-c3cccc(F)n3)c(Cl)cn2)C1. The summed E-state index contributed by atoms with van der Waals surface area (Å²) in [7, 11) is 0. The van der Waals surface area contributed by atoms with Gasteiger partial charge >= 0.3 is 6.09 Å². The number of halogens is 2. The number of rotatable bonds is 3. The predicted octanol–water partition coefficient (Wildman–Crippen LogP) is 4.52. The van der Waals surface area contributed by atoms with E-state index in [0.717, 1.165) is 0 Å². The topological polar surface area (TPSA) is 84.4 Å². The highest BCUT2D eigenvalue weighted by atomic mass is 35.5. The summed E-state index contributed by atoms with van der Waals surface area (Å²) in [5, 5.41) is 3.05. The summed E-state index contributed by atoms with van der Waals surface area (Å²) in [4.78, 5) is 34.6. The van der Waals surface area contributed by atoms with Crippen LogP contribution in [-0.4, -0.2) is 45.6 Å². The standard InChI is InChI=1S/C21H24ClFN4O3/c1-21(2,3)30-20(29)27-9-5-6-13(12-27)19(28)26-18-10-14(15(22)11-24-18)16-7-4-8-17(23)25-16/h4,7-8,10-11,13H,5-6,9,12H2,1-3H3,(H,24,26,28). The van der Waals surface area contributed by atoms with E-state index >= 15 is 0 Å². The Bertz CT molecular complexity index is 948. The second-order valence-corrected chi connectivity index (χ2v) is 8.56. The normalized spacial score (nSPS) is 16.8. The van der Waals surface area contributed by atoms with Gasteiger partial charge in [-0.3, -0.25) is 4.79 Å². The summed E-state index contributed by atoms with van der Waals surface area (Å²) in [5.74, 6) is -0.994. The molecule has 1 aliphatic heterocycles. The first-order valence-corrected chi connectivity index (χ1v) is 10.1. The predicted molar refractivity (Wildman–Crippen MR) is 112 cm³/mol. The van der Waals surface area contributed by atoms with Crippen LogP contribution in [0.2, 0.25) is 5.02 Å². The third-order valence-corrected chi connectivity index (χ3v) is 4.84. The lowest BCUT2D eigenvalue weighted by atomic mass is 9.97. The number of hydrogen-bond donors (Lipinski definition) is 1. The number of piperidine rings is 1. The van der Waals surface area contributed by atoms with Crippen LogP contribution in [0.5, 0.6) is 0 Å². The van der Waals surface area contributed by atoms with Gasteiger partial charge in [-0.2, -0.15) is 4.39 Å². The maximum atomic E-state index is 13.5. The zero-order chi connectivity index (χ0) is 21.9. The first-order valence-electron chi connectivity index (χ1n) is 9.69. The lowest BCUT2D eigenvalue weighted by Crippen LogP contribution is -2.45. The monoisotopic (exact) mass is 434 g/mol. The molecular weight excluding hydrogens is 411 g/mol. The van der Waals surface area contributed by atoms with Gasteiger partial charge in [0.05, 0.1) is 16.6 Å². The second-order valence-electron chi connectivity index (χ2n) is 8.15. The molecule has 1 saturated heterocycles. The Hall–Kier alpha value is -2.74. The van der Waals surface area contributed by atoms with E-state index in [9.17, 15) is 14.0 Å². The van der Waals surface area contributed by atoms with Crippen LogP contribution in [-0.2, 0) is 9.53 Å². The van der Waals surface area contributed by atoms with E-state index < -0.39 is 17.6 Å². The van der Waals surface area contributed by atoms with E-state index in [1.54, 1.807) is 37.8 Å². The largest absolute Gasteiger partial charge is 0.444 e. The van der Waals surface area contributed by atoms with E-state index in [0.29, 0.717) is 35.7 Å². The van der Waals surface area contributed by atoms with Crippen molar-refractivity contribution >= 4 is 29.4 Å². The average molecular weight is 435 g/mol. The van der Waals surface area contributed by atoms with Gasteiger partial charge in [0.25, 0.3) is 0 Å². The van der Waals surface area contributed by atoms with Crippen molar-refractivity contribution in [3.05, 3.63) is 41.4 Å². The lowest BCUT2D eigenvalue weighted by Gasteiger charge is -2.33. The van der Waals surface area contributed by atoms with E-state index in [-0.39, 0.29) is 24.2 Å². The zero-order valence-electron chi connectivity index (χ0n) is 17.1. The van der Waals surface area contributed by atoms with Gasteiger partial charge in [0.15, 0.2) is 0 Å². The molecule has 0 saturated carbocycles. The molecule has 0 radical (unpaired) electrons. The van der Waals surface area contributed by atoms with Gasteiger partial charge in [-0.15, -0.1) is 0 Å². The van der Waals surface area contributed by atoms with Crippen molar-refractivity contribution in [3.63, 3.8) is 0 Å². The third kappa shape index (κ3) is 5.66. The van der Waals surface area contributed by atoms with E-state index in [1.807, 2.05) is 0 Å². The molecule has 7 nitrogen and oxygen atoms in total. The quantitative estimate of drug-likeness (QED) is 0.718. The number of aromatic nitrogens is 2. The Kier molecular flexibility index (Phi) is 6.55. The lowest BCUT2D eigenvalue weighted by molar-refractivity contribution is -0.121. The van der Waals surface area contributed by atoms with Crippen LogP contribution in [0.15, 0.2) is 30.5 Å². The molecule has 0 aliphatic carbocycles. The molecule has 0 aromatic carbocycles. The molecule has 0 bridgehead atoms. The first-order chi connectivity index (χ1) is 14.1. The Morgan fingerprint density at radius 2 is 2.10 bits per heavy atom. The van der Waals surface area contributed by atoms with Crippen molar-refractivity contribution in [2.45, 2.75) is 39.2 Å². The number of pyridine rings is 2. The highest BCUT2D eigenvalue weighted by Gasteiger charge is 2.31. The van der Waals surface area contributed by atoms with Crippen LogP contribution in [0.4, 0.5) is 15.0 Å². The summed E-state index contributed by atoms with van der Waals surface area (Å²) < 4.78 is 18.9. The Balaban J connectivity index is 1.70. The van der Waals surface area contributed by atoms with E-state index in [2.05, 4.69) is 15.3 Å². The van der Waals surface area contributed by atoms with Gasteiger partial charge in [0.1, 0.15) is 11.4 Å². The molecule has 0 spiro atoms. The average Bonchev–Trinajstić information content (AvgIpc) is 2.68. The van der Waals surface area contributed by atoms with Gasteiger partial charge in [0, 0.05) is 24.8 Å². The molecule has 2 aromatic rings. The number of nitrogens with zero attached hydrogens (tertiary/aromatic N) is 3. The molecule has 160 valence electrons. The number of hydrogen-bond acceptors (Lipinski definition) is 5. The highest BCUT2D eigenvalue weighted by Crippen LogP contribution is 2.28. The fraction of sp³-hybridized carbons (Fsp3) is 0.429. The molecule has 1 unspecified atom stereocenters. The molecule has 1 aliphatic rings. The number of likely N-dealkylation sites (tertiary alicyclic amines) is 1. The minimum atomic E-state index is -0.629. The number of ether oxygens (including phenoxy) is 1. The maximum absolute atomic E-state index is 13.5. The Morgan fingerprint density at radius 1 is 1.33 bits per heavy atom. The van der Waals surface area contributed by atoms with Gasteiger partial charge in [-0.1, -0.05) is 17.7 Å². The maximum Gasteiger partial charge on any atom is 0.410 e. The van der Waals surface area contributed by atoms with Crippen LogP contribution in [0.3, 0.4) is 0 Å². The minimum absolute atomic E-state index is 0.253. The number of anilines is 1. The van der Waals surface area contributed by atoms with Crippen LogP contribution in [0, 0.1) is 11.9 Å². The fourth-order valence-electron chi connectivity index (χ4n) is 3.17. The molecule has 3 rings (SSSR count). The van der Waals surface area contributed by atoms with Gasteiger partial charge in [-0.05, 0) is 51.8 Å². The zero-order valence-corrected chi connectivity index (χ0v) is 17.9. The van der Waals surface area contributed by atoms with E-state index in [1.165, 1.54) is 18.3 Å². The van der Waals surface area contributed by atoms with Crippen molar-refractivity contribution < 1.29 is 18.7 Å². The summed E-state index contributed by atoms with van der Waals surface area (Å²) in [6.45, 7) is 6.22. The smallest absolute Gasteiger partial charge is 0.410 e. The molecule has 2 aromatic heterocycles. The van der Waals surface area contributed by atoms with Crippen molar-refractivity contribution in [1.82, 2.24) is 14.9 Å². The number of carbonyl (C=O) groups excluding carboxylic acids is 2. The van der Waals surface area contributed by atoms with Crippen molar-refractivity contribution in [1.29, 1.82) is 0 Å². The third-order valence-electron chi connectivity index (χ3n) is 4.54. The van der Waals surface area contributed by atoms with Crippen molar-refractivity contribution in [3.8, 4) is 11.3 Å². The molecular formula is C21H24ClFN4O3. The van der Waals surface area contributed by atoms with Crippen LogP contribution < -0.4 is 5.32 Å². The Morgan fingerprint density at radius 3 is 2.80 bits per heavy atom. The first kappa shape index (κ1) is 22.0. The number of nitrogens with one attached hydrogen (secondary N) is 1. The van der Waals surface area contributed by atoms with Crippen molar-refractivity contribution in [2.75, 3.05) is 18.4 Å². The molecule has 9 heteroatoms. The molecule has 1 fully saturated rings. The molecule has 1 atom stereocenters. The van der Waals surface area contributed by atoms with Crippen LogP contribution >= 0.6 is 11.6 Å². The summed E-state index contributed by atoms with van der Waals surface area (Å²) in [6, 6.07) is 5.94. The van der Waals surface area contributed by atoms with Gasteiger partial charge in [-0.25, -0.2) is 14.8 Å². The van der Waals surface area contributed by atoms with Crippen LogP contribution in [0.25, 0.3) is 11.3 Å². The molecule has 2 amide bonds. The van der Waals surface area contributed by atoms with Gasteiger partial charge in [0.2, 0.25) is 11.9 Å². The minimum Gasteiger partial charge on any atom is -0.444 e. The van der Waals surface area contributed by atoms with Crippen LogP contribution in [0.1, 0.15) is 33.6 Å². The number of amides is 2. The fourth-order valence-corrected chi connectivity index (χ4v) is 3.37. The molecule has 1 N–H and O–H groups in total. The molecule has 3 heterocycles. The highest BCUT2D eigenvalue weighted by molar-refractivity contribution is 6.33. The number of carbonyl (C=O) groups is 2. The summed E-state index contributed by atoms with van der Waals surface area (Å²) in [6.07, 6.45) is 2.30.